The van der Waals surface area contributed by atoms with Crippen LogP contribution < -0.4 is 10.6 Å². The third-order valence-electron chi connectivity index (χ3n) is 2.05. The van der Waals surface area contributed by atoms with Crippen LogP contribution in [0.15, 0.2) is 24.4 Å². The Morgan fingerprint density at radius 3 is 2.20 bits per heavy atom. The Bertz CT molecular complexity index is 225. The molecule has 1 saturated heterocycles. The summed E-state index contributed by atoms with van der Waals surface area (Å²) in [7, 11) is 0. The molecule has 0 bridgehead atoms. The lowest BCUT2D eigenvalue weighted by atomic mass is 10.3. The Balaban J connectivity index is 0.000000162. The van der Waals surface area contributed by atoms with Crippen molar-refractivity contribution in [1.29, 1.82) is 0 Å². The minimum absolute atomic E-state index is 0.178. The maximum Gasteiger partial charge on any atom is 0.0486 e. The lowest BCUT2D eigenvalue weighted by molar-refractivity contribution is 0.298. The van der Waals surface area contributed by atoms with E-state index in [1.807, 2.05) is 18.2 Å². The SMILES string of the molecule is C1CNCCN1.OCCc1ccccn1. The first-order valence-corrected chi connectivity index (χ1v) is 5.35. The summed E-state index contributed by atoms with van der Waals surface area (Å²) >= 11 is 0. The number of piperazine rings is 1. The maximum absolute atomic E-state index is 8.48. The molecule has 0 saturated carbocycles. The number of rotatable bonds is 2. The summed E-state index contributed by atoms with van der Waals surface area (Å²) in [5.41, 5.74) is 0.944. The van der Waals surface area contributed by atoms with E-state index in [1.54, 1.807) is 6.20 Å². The number of aliphatic hydroxyl groups is 1. The highest BCUT2D eigenvalue weighted by Crippen LogP contribution is 1.92. The van der Waals surface area contributed by atoms with Crippen molar-refractivity contribution < 1.29 is 5.11 Å². The van der Waals surface area contributed by atoms with Crippen LogP contribution in [0.1, 0.15) is 5.69 Å². The second kappa shape index (κ2) is 8.35. The molecule has 1 aromatic rings. The summed E-state index contributed by atoms with van der Waals surface area (Å²) in [5, 5.41) is 14.9. The number of aromatic nitrogens is 1. The van der Waals surface area contributed by atoms with Crippen molar-refractivity contribution in [3.8, 4) is 0 Å². The molecule has 4 nitrogen and oxygen atoms in total. The van der Waals surface area contributed by atoms with Gasteiger partial charge >= 0.3 is 0 Å². The molecule has 0 aliphatic carbocycles. The molecule has 0 aromatic carbocycles. The third-order valence-corrected chi connectivity index (χ3v) is 2.05. The van der Waals surface area contributed by atoms with Crippen LogP contribution in [0, 0.1) is 0 Å². The topological polar surface area (TPSA) is 57.2 Å². The molecule has 3 N–H and O–H groups in total. The number of aliphatic hydroxyl groups excluding tert-OH is 1. The van der Waals surface area contributed by atoms with Gasteiger partial charge in [0.05, 0.1) is 0 Å². The van der Waals surface area contributed by atoms with E-state index in [4.69, 9.17) is 5.11 Å². The van der Waals surface area contributed by atoms with Crippen LogP contribution in [0.5, 0.6) is 0 Å². The normalized spacial score (nSPS) is 15.3. The van der Waals surface area contributed by atoms with Crippen LogP contribution in [0.3, 0.4) is 0 Å². The van der Waals surface area contributed by atoms with Crippen LogP contribution in [0.4, 0.5) is 0 Å². The molecule has 1 aliphatic heterocycles. The first-order chi connectivity index (χ1) is 7.43. The van der Waals surface area contributed by atoms with Crippen molar-refractivity contribution in [2.75, 3.05) is 32.8 Å². The Morgan fingerprint density at radius 1 is 1.13 bits per heavy atom. The molecule has 0 unspecified atom stereocenters. The standard InChI is InChI=1S/C7H9NO.C4H10N2/c9-6-4-7-3-1-2-5-8-7;1-2-6-4-3-5-1/h1-3,5,9H,4,6H2;5-6H,1-4H2. The van der Waals surface area contributed by atoms with Crippen LogP contribution in [-0.4, -0.2) is 42.9 Å². The fraction of sp³-hybridized carbons (Fsp3) is 0.545. The van der Waals surface area contributed by atoms with E-state index in [0.717, 1.165) is 31.9 Å². The van der Waals surface area contributed by atoms with E-state index in [9.17, 15) is 0 Å². The van der Waals surface area contributed by atoms with Gasteiger partial charge in [0.25, 0.3) is 0 Å². The maximum atomic E-state index is 8.48. The van der Waals surface area contributed by atoms with E-state index in [2.05, 4.69) is 15.6 Å². The first-order valence-electron chi connectivity index (χ1n) is 5.35. The van der Waals surface area contributed by atoms with Crippen LogP contribution in [0.2, 0.25) is 0 Å². The largest absolute Gasteiger partial charge is 0.396 e. The third kappa shape index (κ3) is 6.17. The van der Waals surface area contributed by atoms with E-state index in [0.29, 0.717) is 6.42 Å². The van der Waals surface area contributed by atoms with E-state index in [1.165, 1.54) is 0 Å². The van der Waals surface area contributed by atoms with Gasteiger partial charge in [-0.3, -0.25) is 4.98 Å². The summed E-state index contributed by atoms with van der Waals surface area (Å²) < 4.78 is 0. The molecule has 2 rings (SSSR count). The summed E-state index contributed by atoms with van der Waals surface area (Å²) in [4.78, 5) is 4.01. The van der Waals surface area contributed by atoms with Gasteiger partial charge in [-0.15, -0.1) is 0 Å². The van der Waals surface area contributed by atoms with Gasteiger partial charge in [0.2, 0.25) is 0 Å². The zero-order valence-corrected chi connectivity index (χ0v) is 8.95. The van der Waals surface area contributed by atoms with E-state index < -0.39 is 0 Å². The smallest absolute Gasteiger partial charge is 0.0486 e. The van der Waals surface area contributed by atoms with Crippen LogP contribution in [0.25, 0.3) is 0 Å². The highest BCUT2D eigenvalue weighted by Gasteiger charge is 1.91. The highest BCUT2D eigenvalue weighted by molar-refractivity contribution is 5.03. The van der Waals surface area contributed by atoms with Crippen molar-refractivity contribution in [3.05, 3.63) is 30.1 Å². The summed E-state index contributed by atoms with van der Waals surface area (Å²) in [6.45, 7) is 4.73. The average Bonchev–Trinajstić information content (AvgIpc) is 2.34. The zero-order chi connectivity index (χ0) is 10.8. The second-order valence-corrected chi connectivity index (χ2v) is 3.29. The fourth-order valence-corrected chi connectivity index (χ4v) is 1.26. The quantitative estimate of drug-likeness (QED) is 0.631. The van der Waals surface area contributed by atoms with Crippen molar-refractivity contribution in [2.24, 2.45) is 0 Å². The molecular formula is C11H19N3O. The molecule has 0 atom stereocenters. The predicted molar refractivity (Wildman–Crippen MR) is 60.8 cm³/mol. The van der Waals surface area contributed by atoms with Crippen molar-refractivity contribution >= 4 is 0 Å². The fourth-order valence-electron chi connectivity index (χ4n) is 1.26. The van der Waals surface area contributed by atoms with Crippen molar-refractivity contribution in [2.45, 2.75) is 6.42 Å². The molecule has 0 amide bonds. The molecule has 0 spiro atoms. The van der Waals surface area contributed by atoms with E-state index >= 15 is 0 Å². The molecule has 1 aromatic heterocycles. The number of pyridine rings is 1. The average molecular weight is 209 g/mol. The minimum atomic E-state index is 0.178. The Kier molecular flexibility index (Phi) is 6.73. The van der Waals surface area contributed by atoms with Gasteiger partial charge in [0.15, 0.2) is 0 Å². The zero-order valence-electron chi connectivity index (χ0n) is 8.95. The molecule has 2 heterocycles. The lowest BCUT2D eigenvalue weighted by Gasteiger charge is -2.11. The monoisotopic (exact) mass is 209 g/mol. The Morgan fingerprint density at radius 2 is 1.80 bits per heavy atom. The van der Waals surface area contributed by atoms with Crippen LogP contribution >= 0.6 is 0 Å². The molecule has 84 valence electrons. The number of hydrogen-bond acceptors (Lipinski definition) is 4. The predicted octanol–water partition coefficient (Wildman–Crippen LogP) is -0.204. The number of nitrogens with zero attached hydrogens (tertiary/aromatic N) is 1. The summed E-state index contributed by atoms with van der Waals surface area (Å²) in [5.74, 6) is 0. The summed E-state index contributed by atoms with van der Waals surface area (Å²) in [6, 6.07) is 5.68. The van der Waals surface area contributed by atoms with Gasteiger partial charge in [-0.05, 0) is 12.1 Å². The van der Waals surface area contributed by atoms with Gasteiger partial charge in [0.1, 0.15) is 0 Å². The van der Waals surface area contributed by atoms with Gasteiger partial charge in [-0.2, -0.15) is 0 Å². The first kappa shape index (κ1) is 12.1. The Labute approximate surface area is 90.7 Å². The van der Waals surface area contributed by atoms with Gasteiger partial charge < -0.3 is 15.7 Å². The number of hydrogen-bond donors (Lipinski definition) is 3. The molecule has 4 heteroatoms. The van der Waals surface area contributed by atoms with E-state index in [-0.39, 0.29) is 6.61 Å². The van der Waals surface area contributed by atoms with Gasteiger partial charge in [-0.25, -0.2) is 0 Å². The highest BCUT2D eigenvalue weighted by atomic mass is 16.3. The molecule has 1 fully saturated rings. The number of nitrogens with one attached hydrogen (secondary N) is 2. The molecule has 0 radical (unpaired) electrons. The van der Waals surface area contributed by atoms with Gasteiger partial charge in [-0.1, -0.05) is 6.07 Å². The molecule has 15 heavy (non-hydrogen) atoms. The second-order valence-electron chi connectivity index (χ2n) is 3.29. The Hall–Kier alpha value is -0.970. The molecular weight excluding hydrogens is 190 g/mol. The summed E-state index contributed by atoms with van der Waals surface area (Å²) in [6.07, 6.45) is 2.38. The minimum Gasteiger partial charge on any atom is -0.396 e. The molecule has 1 aliphatic rings. The lowest BCUT2D eigenvalue weighted by Crippen LogP contribution is -2.39. The van der Waals surface area contributed by atoms with Crippen LogP contribution in [-0.2, 0) is 6.42 Å². The van der Waals surface area contributed by atoms with Crippen molar-refractivity contribution in [3.63, 3.8) is 0 Å². The van der Waals surface area contributed by atoms with Gasteiger partial charge in [0, 0.05) is 51.1 Å². The van der Waals surface area contributed by atoms with Crippen molar-refractivity contribution in [1.82, 2.24) is 15.6 Å².